The van der Waals surface area contributed by atoms with Gasteiger partial charge in [0.25, 0.3) is 5.56 Å². The standard InChI is InChI=1S/C20H21N3O2S2/c1-2-12-23-19(25)16-10-13-26-18(16)22-20(23)27-14-17(24)21-11-6-9-15-7-4-3-5-8-15/h2-5,7-8,10,13H,1,6,9,11-12,14H2,(H,21,24). The van der Waals surface area contributed by atoms with Gasteiger partial charge in [-0.1, -0.05) is 48.2 Å². The third-order valence-corrected chi connectivity index (χ3v) is 5.78. The van der Waals surface area contributed by atoms with Crippen LogP contribution in [-0.2, 0) is 17.8 Å². The maximum absolute atomic E-state index is 12.6. The molecule has 0 radical (unpaired) electrons. The molecule has 0 bridgehead atoms. The van der Waals surface area contributed by atoms with Crippen LogP contribution in [0.1, 0.15) is 12.0 Å². The fraction of sp³-hybridized carbons (Fsp3) is 0.250. The van der Waals surface area contributed by atoms with Gasteiger partial charge in [-0.2, -0.15) is 0 Å². The minimum atomic E-state index is -0.0908. The van der Waals surface area contributed by atoms with Gasteiger partial charge in [-0.15, -0.1) is 17.9 Å². The summed E-state index contributed by atoms with van der Waals surface area (Å²) in [4.78, 5) is 29.9. The number of nitrogens with zero attached hydrogens (tertiary/aromatic N) is 2. The van der Waals surface area contributed by atoms with Crippen LogP contribution in [0.3, 0.4) is 0 Å². The molecule has 0 aliphatic heterocycles. The second-order valence-corrected chi connectivity index (χ2v) is 7.80. The Bertz CT molecular complexity index is 980. The number of hydrogen-bond acceptors (Lipinski definition) is 5. The summed E-state index contributed by atoms with van der Waals surface area (Å²) in [5.74, 6) is 0.171. The van der Waals surface area contributed by atoms with Gasteiger partial charge < -0.3 is 5.32 Å². The van der Waals surface area contributed by atoms with Crippen LogP contribution in [0.25, 0.3) is 10.2 Å². The lowest BCUT2D eigenvalue weighted by atomic mass is 10.1. The highest BCUT2D eigenvalue weighted by molar-refractivity contribution is 7.99. The summed E-state index contributed by atoms with van der Waals surface area (Å²) in [6.45, 7) is 4.71. The van der Waals surface area contributed by atoms with Gasteiger partial charge >= 0.3 is 0 Å². The molecule has 0 saturated heterocycles. The Morgan fingerprint density at radius 2 is 2.11 bits per heavy atom. The first-order valence-corrected chi connectivity index (χ1v) is 10.6. The third kappa shape index (κ3) is 5.08. The van der Waals surface area contributed by atoms with Crippen molar-refractivity contribution in [2.75, 3.05) is 12.3 Å². The van der Waals surface area contributed by atoms with Crippen molar-refractivity contribution in [1.82, 2.24) is 14.9 Å². The number of thiophene rings is 1. The van der Waals surface area contributed by atoms with E-state index in [4.69, 9.17) is 0 Å². The number of aryl methyl sites for hydroxylation is 1. The first kappa shape index (κ1) is 19.4. The Labute approximate surface area is 166 Å². The number of nitrogens with one attached hydrogen (secondary N) is 1. The summed E-state index contributed by atoms with van der Waals surface area (Å²) in [6, 6.07) is 12.0. The lowest BCUT2D eigenvalue weighted by Crippen LogP contribution is -2.27. The number of aromatic nitrogens is 2. The zero-order chi connectivity index (χ0) is 19.1. The van der Waals surface area contributed by atoms with E-state index in [0.29, 0.717) is 28.5 Å². The Balaban J connectivity index is 1.54. The lowest BCUT2D eigenvalue weighted by molar-refractivity contribution is -0.118. The van der Waals surface area contributed by atoms with E-state index in [1.165, 1.54) is 28.7 Å². The molecule has 3 aromatic rings. The molecule has 1 amide bonds. The van der Waals surface area contributed by atoms with Crippen LogP contribution in [-0.4, -0.2) is 27.8 Å². The van der Waals surface area contributed by atoms with Crippen molar-refractivity contribution < 1.29 is 4.79 Å². The molecule has 0 saturated carbocycles. The van der Waals surface area contributed by atoms with Gasteiger partial charge in [0.05, 0.1) is 11.1 Å². The lowest BCUT2D eigenvalue weighted by Gasteiger charge is -2.10. The van der Waals surface area contributed by atoms with Crippen LogP contribution in [0.2, 0.25) is 0 Å². The van der Waals surface area contributed by atoms with Gasteiger partial charge in [0.15, 0.2) is 5.16 Å². The van der Waals surface area contributed by atoms with Crippen molar-refractivity contribution in [2.24, 2.45) is 0 Å². The fourth-order valence-corrected chi connectivity index (χ4v) is 4.32. The summed E-state index contributed by atoms with van der Waals surface area (Å²) in [5.41, 5.74) is 1.18. The molecule has 0 atom stereocenters. The monoisotopic (exact) mass is 399 g/mol. The van der Waals surface area contributed by atoms with E-state index in [1.54, 1.807) is 16.7 Å². The second kappa shape index (κ2) is 9.53. The van der Waals surface area contributed by atoms with Crippen LogP contribution >= 0.6 is 23.1 Å². The first-order valence-electron chi connectivity index (χ1n) is 8.71. The van der Waals surface area contributed by atoms with Crippen LogP contribution in [0.15, 0.2) is 64.4 Å². The molecule has 27 heavy (non-hydrogen) atoms. The molecule has 0 spiro atoms. The average molecular weight is 400 g/mol. The molecule has 140 valence electrons. The Hall–Kier alpha value is -2.38. The number of thioether (sulfide) groups is 1. The van der Waals surface area contributed by atoms with E-state index in [1.807, 2.05) is 23.6 Å². The van der Waals surface area contributed by atoms with Crippen molar-refractivity contribution in [2.45, 2.75) is 24.5 Å². The molecule has 0 unspecified atom stereocenters. The van der Waals surface area contributed by atoms with Crippen molar-refractivity contribution in [3.8, 4) is 0 Å². The smallest absolute Gasteiger partial charge is 0.263 e. The number of hydrogen-bond donors (Lipinski definition) is 1. The maximum atomic E-state index is 12.6. The van der Waals surface area contributed by atoms with Crippen LogP contribution in [0, 0.1) is 0 Å². The second-order valence-electron chi connectivity index (χ2n) is 5.97. The van der Waals surface area contributed by atoms with Crippen molar-refractivity contribution >= 4 is 39.2 Å². The Kier molecular flexibility index (Phi) is 6.84. The number of benzene rings is 1. The van der Waals surface area contributed by atoms with E-state index in [0.717, 1.165) is 12.8 Å². The van der Waals surface area contributed by atoms with Gasteiger partial charge in [0.1, 0.15) is 4.83 Å². The molecular formula is C20H21N3O2S2. The van der Waals surface area contributed by atoms with Gasteiger partial charge in [-0.3, -0.25) is 14.2 Å². The number of allylic oxidation sites excluding steroid dienone is 1. The topological polar surface area (TPSA) is 64.0 Å². The van der Waals surface area contributed by atoms with Crippen LogP contribution in [0.4, 0.5) is 0 Å². The molecule has 3 rings (SSSR count). The molecule has 0 aliphatic rings. The van der Waals surface area contributed by atoms with Gasteiger partial charge in [-0.25, -0.2) is 4.98 Å². The van der Waals surface area contributed by atoms with Crippen LogP contribution in [0.5, 0.6) is 0 Å². The van der Waals surface area contributed by atoms with Gasteiger partial charge in [0.2, 0.25) is 5.91 Å². The van der Waals surface area contributed by atoms with Gasteiger partial charge in [0, 0.05) is 13.1 Å². The maximum Gasteiger partial charge on any atom is 0.263 e. The minimum Gasteiger partial charge on any atom is -0.355 e. The van der Waals surface area contributed by atoms with E-state index in [2.05, 4.69) is 29.0 Å². The zero-order valence-corrected chi connectivity index (χ0v) is 16.5. The number of amides is 1. The number of fused-ring (bicyclic) bond motifs is 1. The average Bonchev–Trinajstić information content (AvgIpc) is 3.16. The number of carbonyl (C=O) groups is 1. The van der Waals surface area contributed by atoms with Crippen molar-refractivity contribution in [1.29, 1.82) is 0 Å². The molecule has 1 aromatic carbocycles. The third-order valence-electron chi connectivity index (χ3n) is 4.00. The van der Waals surface area contributed by atoms with Gasteiger partial charge in [-0.05, 0) is 29.9 Å². The normalized spacial score (nSPS) is 10.8. The van der Waals surface area contributed by atoms with E-state index in [-0.39, 0.29) is 17.2 Å². The summed E-state index contributed by atoms with van der Waals surface area (Å²) >= 11 is 2.71. The number of rotatable bonds is 9. The molecule has 0 aliphatic carbocycles. The van der Waals surface area contributed by atoms with Crippen molar-refractivity contribution in [3.63, 3.8) is 0 Å². The van der Waals surface area contributed by atoms with E-state index < -0.39 is 0 Å². The molecule has 2 heterocycles. The highest BCUT2D eigenvalue weighted by atomic mass is 32.2. The van der Waals surface area contributed by atoms with Crippen molar-refractivity contribution in [3.05, 3.63) is 70.4 Å². The SMILES string of the molecule is C=CCn1c(SCC(=O)NCCCc2ccccc2)nc2sccc2c1=O. The molecule has 2 aromatic heterocycles. The molecule has 1 N–H and O–H groups in total. The molecule has 0 fully saturated rings. The number of carbonyl (C=O) groups excluding carboxylic acids is 1. The Morgan fingerprint density at radius 1 is 1.30 bits per heavy atom. The predicted octanol–water partition coefficient (Wildman–Crippen LogP) is 3.49. The quantitative estimate of drug-likeness (QED) is 0.259. The summed E-state index contributed by atoms with van der Waals surface area (Å²) < 4.78 is 1.56. The molecular weight excluding hydrogens is 378 g/mol. The predicted molar refractivity (Wildman–Crippen MR) is 113 cm³/mol. The summed E-state index contributed by atoms with van der Waals surface area (Å²) in [6.07, 6.45) is 3.49. The molecule has 7 heteroatoms. The van der Waals surface area contributed by atoms with E-state index in [9.17, 15) is 9.59 Å². The highest BCUT2D eigenvalue weighted by Crippen LogP contribution is 2.21. The summed E-state index contributed by atoms with van der Waals surface area (Å²) in [5, 5.41) is 5.94. The minimum absolute atomic E-state index is 0.0567. The largest absolute Gasteiger partial charge is 0.355 e. The van der Waals surface area contributed by atoms with Crippen LogP contribution < -0.4 is 10.9 Å². The fourth-order valence-electron chi connectivity index (χ4n) is 2.68. The highest BCUT2D eigenvalue weighted by Gasteiger charge is 2.13. The Morgan fingerprint density at radius 3 is 2.89 bits per heavy atom. The molecule has 5 nitrogen and oxygen atoms in total. The van der Waals surface area contributed by atoms with E-state index >= 15 is 0 Å². The zero-order valence-electron chi connectivity index (χ0n) is 14.9. The first-order chi connectivity index (χ1) is 13.2. The summed E-state index contributed by atoms with van der Waals surface area (Å²) in [7, 11) is 0.